The fraction of sp³-hybridized carbons (Fsp3) is 0.429. The number of carbonyl (C=O) groups is 2. The molecule has 1 atom stereocenters. The van der Waals surface area contributed by atoms with Gasteiger partial charge in [-0.3, -0.25) is 9.59 Å². The average Bonchev–Trinajstić information content (AvgIpc) is 2.96. The molecule has 1 aliphatic carbocycles. The molecule has 1 N–H and O–H groups in total. The molecular weight excluding hydrogens is 266 g/mol. The van der Waals surface area contributed by atoms with Gasteiger partial charge in [0.1, 0.15) is 5.75 Å². The Morgan fingerprint density at radius 1 is 1.47 bits per heavy atom. The minimum atomic E-state index is -0.217. The maximum Gasteiger partial charge on any atom is 0.262 e. The summed E-state index contributed by atoms with van der Waals surface area (Å²) in [6.07, 6.45) is 0.886. The zero-order chi connectivity index (χ0) is 13.8. The first-order valence-corrected chi connectivity index (χ1v) is 6.57. The molecule has 1 aromatic carbocycles. The molecule has 1 fully saturated rings. The van der Waals surface area contributed by atoms with Crippen LogP contribution in [0.4, 0.5) is 5.69 Å². The maximum absolute atomic E-state index is 12.4. The fourth-order valence-corrected chi connectivity index (χ4v) is 2.65. The van der Waals surface area contributed by atoms with Crippen LogP contribution in [-0.2, 0) is 4.79 Å². The lowest BCUT2D eigenvalue weighted by molar-refractivity contribution is -0.118. The number of hydrogen-bond acceptors (Lipinski definition) is 3. The minimum absolute atomic E-state index is 0.0289. The van der Waals surface area contributed by atoms with Crippen LogP contribution in [0.2, 0.25) is 5.02 Å². The van der Waals surface area contributed by atoms with E-state index in [1.807, 2.05) is 0 Å². The Morgan fingerprint density at radius 2 is 2.16 bits per heavy atom. The summed E-state index contributed by atoms with van der Waals surface area (Å²) < 4.78 is 5.31. The number of rotatable bonds is 2. The number of carbonyl (C=O) groups excluding carboxylic acids is 2. The number of hydrogen-bond donors (Lipinski definition) is 1. The van der Waals surface area contributed by atoms with Crippen molar-refractivity contribution < 1.29 is 14.3 Å². The van der Waals surface area contributed by atoms with Crippen LogP contribution >= 0.6 is 11.6 Å². The normalized spacial score (nSPS) is 23.1. The van der Waals surface area contributed by atoms with E-state index in [9.17, 15) is 9.59 Å². The molecule has 0 bridgehead atoms. The zero-order valence-electron chi connectivity index (χ0n) is 10.7. The third kappa shape index (κ3) is 2.10. The Hall–Kier alpha value is -1.55. The Bertz CT molecular complexity index is 595. The molecule has 1 amide bonds. The van der Waals surface area contributed by atoms with E-state index in [0.29, 0.717) is 22.0 Å². The lowest BCUT2D eigenvalue weighted by atomic mass is 10.0. The molecule has 0 spiro atoms. The molecule has 2 aliphatic rings. The Morgan fingerprint density at radius 3 is 2.79 bits per heavy atom. The number of fused-ring (bicyclic) bond motifs is 1. The van der Waals surface area contributed by atoms with Crippen molar-refractivity contribution in [1.82, 2.24) is 0 Å². The van der Waals surface area contributed by atoms with E-state index in [4.69, 9.17) is 16.3 Å². The molecule has 5 heteroatoms. The molecule has 4 nitrogen and oxygen atoms in total. The first kappa shape index (κ1) is 12.5. The molecule has 19 heavy (non-hydrogen) atoms. The molecule has 1 aliphatic heterocycles. The van der Waals surface area contributed by atoms with Crippen molar-refractivity contribution in [3.63, 3.8) is 0 Å². The van der Waals surface area contributed by atoms with Crippen molar-refractivity contribution in [2.75, 3.05) is 11.9 Å². The van der Waals surface area contributed by atoms with Crippen molar-refractivity contribution in [3.05, 3.63) is 22.7 Å². The van der Waals surface area contributed by atoms with Crippen molar-refractivity contribution in [2.24, 2.45) is 11.3 Å². The van der Waals surface area contributed by atoms with Gasteiger partial charge in [0.2, 0.25) is 0 Å². The molecule has 0 saturated heterocycles. The highest BCUT2D eigenvalue weighted by Crippen LogP contribution is 2.53. The van der Waals surface area contributed by atoms with Crippen molar-refractivity contribution in [2.45, 2.75) is 20.3 Å². The molecule has 1 saturated carbocycles. The summed E-state index contributed by atoms with van der Waals surface area (Å²) in [5, 5.41) is 3.03. The van der Waals surface area contributed by atoms with Gasteiger partial charge in [0.05, 0.1) is 10.7 Å². The van der Waals surface area contributed by atoms with E-state index in [-0.39, 0.29) is 29.6 Å². The smallest absolute Gasteiger partial charge is 0.262 e. The van der Waals surface area contributed by atoms with Crippen molar-refractivity contribution >= 4 is 29.0 Å². The first-order valence-electron chi connectivity index (χ1n) is 6.19. The van der Waals surface area contributed by atoms with Gasteiger partial charge in [0.15, 0.2) is 12.4 Å². The quantitative estimate of drug-likeness (QED) is 0.847. The third-order valence-electron chi connectivity index (χ3n) is 3.80. The van der Waals surface area contributed by atoms with Crippen LogP contribution in [0.5, 0.6) is 5.75 Å². The number of ketones is 1. The van der Waals surface area contributed by atoms with Crippen LogP contribution in [0.1, 0.15) is 30.6 Å². The van der Waals surface area contributed by atoms with E-state index >= 15 is 0 Å². The molecule has 0 radical (unpaired) electrons. The van der Waals surface area contributed by atoms with Crippen molar-refractivity contribution in [3.8, 4) is 5.75 Å². The second-order valence-electron chi connectivity index (χ2n) is 5.77. The van der Waals surface area contributed by atoms with Gasteiger partial charge in [-0.15, -0.1) is 0 Å². The summed E-state index contributed by atoms with van der Waals surface area (Å²) in [7, 11) is 0. The van der Waals surface area contributed by atoms with Crippen LogP contribution < -0.4 is 10.1 Å². The summed E-state index contributed by atoms with van der Waals surface area (Å²) >= 11 is 6.14. The number of nitrogens with one attached hydrogen (secondary N) is 1. The van der Waals surface area contributed by atoms with Gasteiger partial charge in [0, 0.05) is 11.5 Å². The summed E-state index contributed by atoms with van der Waals surface area (Å²) in [6, 6.07) is 3.21. The number of benzene rings is 1. The second kappa shape index (κ2) is 3.97. The van der Waals surface area contributed by atoms with E-state index < -0.39 is 0 Å². The van der Waals surface area contributed by atoms with E-state index in [2.05, 4.69) is 19.2 Å². The average molecular weight is 280 g/mol. The highest BCUT2D eigenvalue weighted by Gasteiger charge is 2.50. The summed E-state index contributed by atoms with van der Waals surface area (Å²) in [6.45, 7) is 4.11. The fourth-order valence-electron chi connectivity index (χ4n) is 2.39. The largest absolute Gasteiger partial charge is 0.482 e. The second-order valence-corrected chi connectivity index (χ2v) is 6.18. The topological polar surface area (TPSA) is 55.4 Å². The van der Waals surface area contributed by atoms with E-state index in [1.165, 1.54) is 0 Å². The lowest BCUT2D eigenvalue weighted by Gasteiger charge is -2.19. The highest BCUT2D eigenvalue weighted by molar-refractivity contribution is 6.34. The van der Waals surface area contributed by atoms with E-state index in [1.54, 1.807) is 12.1 Å². The summed E-state index contributed by atoms with van der Waals surface area (Å²) in [5.41, 5.74) is 1.06. The van der Waals surface area contributed by atoms with E-state index in [0.717, 1.165) is 6.42 Å². The lowest BCUT2D eigenvalue weighted by Crippen LogP contribution is -2.25. The highest BCUT2D eigenvalue weighted by atomic mass is 35.5. The Labute approximate surface area is 116 Å². The summed E-state index contributed by atoms with van der Waals surface area (Å²) in [4.78, 5) is 23.6. The van der Waals surface area contributed by atoms with Crippen molar-refractivity contribution in [1.29, 1.82) is 0 Å². The molecule has 1 aromatic rings. The van der Waals surface area contributed by atoms with Gasteiger partial charge < -0.3 is 10.1 Å². The molecule has 0 aromatic heterocycles. The maximum atomic E-state index is 12.4. The Balaban J connectivity index is 1.95. The number of amides is 1. The van der Waals surface area contributed by atoms with Gasteiger partial charge in [-0.2, -0.15) is 0 Å². The molecule has 100 valence electrons. The SMILES string of the molecule is CC1(C)CC1C(=O)c1cc2c(cc1Cl)NC(=O)CO2. The van der Waals surface area contributed by atoms with Crippen LogP contribution in [0.25, 0.3) is 0 Å². The zero-order valence-corrected chi connectivity index (χ0v) is 11.5. The van der Waals surface area contributed by atoms with Gasteiger partial charge in [-0.25, -0.2) is 0 Å². The predicted octanol–water partition coefficient (Wildman–Crippen LogP) is 2.90. The number of halogens is 1. The standard InChI is InChI=1S/C14H14ClNO3/c1-14(2)5-8(14)13(18)7-3-11-10(4-9(7)15)16-12(17)6-19-11/h3-4,8H,5-6H2,1-2H3,(H,16,17). The molecule has 1 unspecified atom stereocenters. The van der Waals surface area contributed by atoms with Crippen LogP contribution in [-0.4, -0.2) is 18.3 Å². The first-order chi connectivity index (χ1) is 8.88. The third-order valence-corrected chi connectivity index (χ3v) is 4.11. The van der Waals surface area contributed by atoms with Crippen LogP contribution in [0, 0.1) is 11.3 Å². The number of Topliss-reactive ketones (excluding diaryl/α,β-unsaturated/α-hetero) is 1. The number of anilines is 1. The van der Waals surface area contributed by atoms with Gasteiger partial charge in [-0.1, -0.05) is 25.4 Å². The predicted molar refractivity (Wildman–Crippen MR) is 71.8 cm³/mol. The van der Waals surface area contributed by atoms with Gasteiger partial charge in [-0.05, 0) is 24.0 Å². The van der Waals surface area contributed by atoms with Gasteiger partial charge in [0.25, 0.3) is 5.91 Å². The number of ether oxygens (including phenoxy) is 1. The monoisotopic (exact) mass is 279 g/mol. The molecule has 1 heterocycles. The van der Waals surface area contributed by atoms with Crippen LogP contribution in [0.15, 0.2) is 12.1 Å². The summed E-state index contributed by atoms with van der Waals surface area (Å²) in [5.74, 6) is 0.372. The van der Waals surface area contributed by atoms with Crippen LogP contribution in [0.3, 0.4) is 0 Å². The Kier molecular flexibility index (Phi) is 2.61. The molecular formula is C14H14ClNO3. The van der Waals surface area contributed by atoms with Gasteiger partial charge >= 0.3 is 0 Å². The minimum Gasteiger partial charge on any atom is -0.482 e. The molecule has 3 rings (SSSR count).